The van der Waals surface area contributed by atoms with E-state index in [0.717, 1.165) is 19.6 Å². The van der Waals surface area contributed by atoms with E-state index >= 15 is 0 Å². The molecule has 1 aliphatic heterocycles. The highest BCUT2D eigenvalue weighted by molar-refractivity contribution is 5.81. The molecule has 0 radical (unpaired) electrons. The van der Waals surface area contributed by atoms with E-state index in [4.69, 9.17) is 0 Å². The number of nitrogens with zero attached hydrogens (tertiary/aromatic N) is 2. The lowest BCUT2D eigenvalue weighted by Gasteiger charge is -2.39. The molecule has 1 aliphatic rings. The monoisotopic (exact) mass is 226 g/mol. The van der Waals surface area contributed by atoms with Gasteiger partial charge in [-0.1, -0.05) is 13.8 Å². The van der Waals surface area contributed by atoms with Crippen LogP contribution in [-0.4, -0.2) is 55.4 Å². The van der Waals surface area contributed by atoms with Crippen molar-refractivity contribution in [1.82, 2.24) is 9.80 Å². The summed E-state index contributed by atoms with van der Waals surface area (Å²) in [5.74, 6) is 0.291. The van der Waals surface area contributed by atoms with Crippen LogP contribution in [-0.2, 0) is 4.79 Å². The van der Waals surface area contributed by atoms with Gasteiger partial charge in [-0.05, 0) is 40.4 Å². The molecule has 1 saturated heterocycles. The Labute approximate surface area is 99.8 Å². The summed E-state index contributed by atoms with van der Waals surface area (Å²) in [4.78, 5) is 16.3. The van der Waals surface area contributed by atoms with Gasteiger partial charge in [0.1, 0.15) is 5.78 Å². The van der Waals surface area contributed by atoms with E-state index in [1.54, 1.807) is 6.92 Å². The van der Waals surface area contributed by atoms with Crippen molar-refractivity contribution in [2.75, 3.05) is 33.7 Å². The second-order valence-corrected chi connectivity index (χ2v) is 5.93. The second-order valence-electron chi connectivity index (χ2n) is 5.93. The lowest BCUT2D eigenvalue weighted by Crippen LogP contribution is -2.49. The average molecular weight is 226 g/mol. The Balaban J connectivity index is 2.52. The number of carbonyl (C=O) groups is 1. The third kappa shape index (κ3) is 3.56. The fraction of sp³-hybridized carbons (Fsp3) is 0.923. The summed E-state index contributed by atoms with van der Waals surface area (Å²) >= 11 is 0. The zero-order valence-electron chi connectivity index (χ0n) is 11.4. The molecular weight excluding hydrogens is 200 g/mol. The predicted octanol–water partition coefficient (Wildman–Crippen LogP) is 1.63. The molecule has 0 bridgehead atoms. The Morgan fingerprint density at radius 2 is 2.06 bits per heavy atom. The van der Waals surface area contributed by atoms with Crippen molar-refractivity contribution in [3.63, 3.8) is 0 Å². The Morgan fingerprint density at radius 1 is 1.44 bits per heavy atom. The zero-order chi connectivity index (χ0) is 12.3. The van der Waals surface area contributed by atoms with Gasteiger partial charge in [0.25, 0.3) is 0 Å². The molecule has 3 heteroatoms. The van der Waals surface area contributed by atoms with Crippen LogP contribution >= 0.6 is 0 Å². The van der Waals surface area contributed by atoms with Gasteiger partial charge >= 0.3 is 0 Å². The van der Waals surface area contributed by atoms with Gasteiger partial charge in [0.15, 0.2) is 0 Å². The molecule has 0 N–H and O–H groups in total. The number of hydrogen-bond acceptors (Lipinski definition) is 3. The lowest BCUT2D eigenvalue weighted by molar-refractivity contribution is -0.126. The van der Waals surface area contributed by atoms with Crippen LogP contribution in [0.25, 0.3) is 0 Å². The molecule has 1 atom stereocenters. The van der Waals surface area contributed by atoms with Gasteiger partial charge < -0.3 is 9.80 Å². The lowest BCUT2D eigenvalue weighted by atomic mass is 9.87. The minimum Gasteiger partial charge on any atom is -0.305 e. The Morgan fingerprint density at radius 3 is 2.56 bits per heavy atom. The molecule has 16 heavy (non-hydrogen) atoms. The number of Topliss-reactive ketones (excluding diaryl/α,β-unsaturated/α-hetero) is 1. The Kier molecular flexibility index (Phi) is 4.51. The first-order chi connectivity index (χ1) is 7.33. The summed E-state index contributed by atoms with van der Waals surface area (Å²) in [5.41, 5.74) is -0.200. The van der Waals surface area contributed by atoms with Crippen LogP contribution in [0.5, 0.6) is 0 Å². The van der Waals surface area contributed by atoms with Crippen LogP contribution < -0.4 is 0 Å². The molecule has 0 aliphatic carbocycles. The molecule has 94 valence electrons. The third-order valence-corrected chi connectivity index (χ3v) is 3.78. The Bertz CT molecular complexity index is 248. The minimum absolute atomic E-state index is 0.200. The smallest absolute Gasteiger partial charge is 0.136 e. The van der Waals surface area contributed by atoms with Gasteiger partial charge in [0.2, 0.25) is 0 Å². The molecule has 0 aromatic carbocycles. The largest absolute Gasteiger partial charge is 0.305 e. The standard InChI is InChI=1S/C13H26N2O/c1-11(16)13(2,3)10-15-8-6-7-12(9-15)14(4)5/h12H,6-10H2,1-5H3. The summed E-state index contributed by atoms with van der Waals surface area (Å²) < 4.78 is 0. The van der Waals surface area contributed by atoms with Crippen LogP contribution in [0.1, 0.15) is 33.6 Å². The van der Waals surface area contributed by atoms with E-state index in [9.17, 15) is 4.79 Å². The molecule has 1 unspecified atom stereocenters. The SMILES string of the molecule is CC(=O)C(C)(C)CN1CCCC(N(C)C)C1. The highest BCUT2D eigenvalue weighted by atomic mass is 16.1. The Hall–Kier alpha value is -0.410. The van der Waals surface area contributed by atoms with Crippen LogP contribution in [0, 0.1) is 5.41 Å². The summed E-state index contributed by atoms with van der Waals surface area (Å²) in [6, 6.07) is 0.650. The third-order valence-electron chi connectivity index (χ3n) is 3.78. The average Bonchev–Trinajstić information content (AvgIpc) is 2.17. The number of piperidine rings is 1. The highest BCUT2D eigenvalue weighted by Gasteiger charge is 2.29. The van der Waals surface area contributed by atoms with E-state index in [0.29, 0.717) is 11.8 Å². The number of hydrogen-bond donors (Lipinski definition) is 0. The van der Waals surface area contributed by atoms with E-state index < -0.39 is 0 Å². The molecule has 0 spiro atoms. The second kappa shape index (κ2) is 5.28. The van der Waals surface area contributed by atoms with Gasteiger partial charge in [0, 0.05) is 24.5 Å². The fourth-order valence-corrected chi connectivity index (χ4v) is 2.27. The van der Waals surface area contributed by atoms with Crippen LogP contribution in [0.15, 0.2) is 0 Å². The molecule has 0 amide bonds. The van der Waals surface area contributed by atoms with Crippen LogP contribution in [0.2, 0.25) is 0 Å². The number of ketones is 1. The first kappa shape index (κ1) is 13.7. The van der Waals surface area contributed by atoms with Gasteiger partial charge in [-0.25, -0.2) is 0 Å². The number of carbonyl (C=O) groups excluding carboxylic acids is 1. The molecule has 0 aromatic rings. The number of likely N-dealkylation sites (tertiary alicyclic amines) is 1. The fourth-order valence-electron chi connectivity index (χ4n) is 2.27. The zero-order valence-corrected chi connectivity index (χ0v) is 11.4. The van der Waals surface area contributed by atoms with Crippen molar-refractivity contribution >= 4 is 5.78 Å². The van der Waals surface area contributed by atoms with E-state index in [1.165, 1.54) is 12.8 Å². The van der Waals surface area contributed by atoms with Crippen molar-refractivity contribution < 1.29 is 4.79 Å². The molecule has 1 fully saturated rings. The summed E-state index contributed by atoms with van der Waals surface area (Å²) in [7, 11) is 4.29. The van der Waals surface area contributed by atoms with E-state index in [1.807, 2.05) is 0 Å². The highest BCUT2D eigenvalue weighted by Crippen LogP contribution is 2.22. The molecular formula is C13H26N2O. The van der Waals surface area contributed by atoms with Gasteiger partial charge in [0.05, 0.1) is 0 Å². The van der Waals surface area contributed by atoms with E-state index in [-0.39, 0.29) is 5.41 Å². The van der Waals surface area contributed by atoms with Crippen LogP contribution in [0.4, 0.5) is 0 Å². The molecule has 1 heterocycles. The molecule has 0 saturated carbocycles. The molecule has 3 nitrogen and oxygen atoms in total. The normalized spacial score (nSPS) is 23.8. The van der Waals surface area contributed by atoms with Gasteiger partial charge in [-0.15, -0.1) is 0 Å². The minimum atomic E-state index is -0.200. The maximum Gasteiger partial charge on any atom is 0.136 e. The van der Waals surface area contributed by atoms with E-state index in [2.05, 4.69) is 37.7 Å². The summed E-state index contributed by atoms with van der Waals surface area (Å²) in [6.45, 7) is 8.94. The number of likely N-dealkylation sites (N-methyl/N-ethyl adjacent to an activating group) is 1. The molecule has 0 aromatic heterocycles. The topological polar surface area (TPSA) is 23.6 Å². The summed E-state index contributed by atoms with van der Waals surface area (Å²) in [5, 5.41) is 0. The maximum atomic E-state index is 11.5. The maximum absolute atomic E-state index is 11.5. The summed E-state index contributed by atoms with van der Waals surface area (Å²) in [6.07, 6.45) is 2.53. The first-order valence-corrected chi connectivity index (χ1v) is 6.23. The van der Waals surface area contributed by atoms with Gasteiger partial charge in [-0.3, -0.25) is 4.79 Å². The quantitative estimate of drug-likeness (QED) is 0.728. The van der Waals surface area contributed by atoms with Crippen molar-refractivity contribution in [1.29, 1.82) is 0 Å². The first-order valence-electron chi connectivity index (χ1n) is 6.23. The van der Waals surface area contributed by atoms with Crippen molar-refractivity contribution in [3.8, 4) is 0 Å². The van der Waals surface area contributed by atoms with Gasteiger partial charge in [-0.2, -0.15) is 0 Å². The van der Waals surface area contributed by atoms with Crippen molar-refractivity contribution in [2.24, 2.45) is 5.41 Å². The predicted molar refractivity (Wildman–Crippen MR) is 67.6 cm³/mol. The number of rotatable bonds is 4. The molecule has 1 rings (SSSR count). The van der Waals surface area contributed by atoms with Crippen molar-refractivity contribution in [3.05, 3.63) is 0 Å². The van der Waals surface area contributed by atoms with Crippen molar-refractivity contribution in [2.45, 2.75) is 39.7 Å². The van der Waals surface area contributed by atoms with Crippen LogP contribution in [0.3, 0.4) is 0 Å².